The van der Waals surface area contributed by atoms with Crippen LogP contribution in [0.5, 0.6) is 0 Å². The van der Waals surface area contributed by atoms with Crippen molar-refractivity contribution in [3.8, 4) is 0 Å². The molecule has 0 spiro atoms. The first kappa shape index (κ1) is 31.1. The van der Waals surface area contributed by atoms with Crippen molar-refractivity contribution >= 4 is 17.7 Å². The van der Waals surface area contributed by atoms with Crippen LogP contribution >= 0.6 is 0 Å². The van der Waals surface area contributed by atoms with Crippen molar-refractivity contribution in [2.24, 2.45) is 0 Å². The van der Waals surface area contributed by atoms with E-state index in [1.54, 1.807) is 11.1 Å². The first-order chi connectivity index (χ1) is 20.2. The summed E-state index contributed by atoms with van der Waals surface area (Å²) >= 11 is 0. The van der Waals surface area contributed by atoms with Gasteiger partial charge < -0.3 is 24.2 Å². The van der Waals surface area contributed by atoms with Crippen molar-refractivity contribution in [2.45, 2.75) is 70.7 Å². The van der Waals surface area contributed by atoms with E-state index in [2.05, 4.69) is 23.6 Å². The normalized spacial score (nSPS) is 26.0. The summed E-state index contributed by atoms with van der Waals surface area (Å²) in [5.74, 6) is -1.60. The Bertz CT molecular complexity index is 1440. The number of morpholine rings is 1. The van der Waals surface area contributed by atoms with Gasteiger partial charge in [0.2, 0.25) is 5.91 Å². The van der Waals surface area contributed by atoms with Gasteiger partial charge in [-0.25, -0.2) is 13.6 Å². The third-order valence-corrected chi connectivity index (χ3v) is 9.15. The highest BCUT2D eigenvalue weighted by molar-refractivity contribution is 5.97. The van der Waals surface area contributed by atoms with Crippen molar-refractivity contribution in [1.82, 2.24) is 19.3 Å². The first-order valence-corrected chi connectivity index (χ1v) is 14.8. The van der Waals surface area contributed by atoms with E-state index >= 15 is 0 Å². The number of aromatic nitrogens is 1. The van der Waals surface area contributed by atoms with Gasteiger partial charge in [-0.05, 0) is 32.4 Å². The Balaban J connectivity index is 1.41. The van der Waals surface area contributed by atoms with Gasteiger partial charge in [0.25, 0.3) is 5.56 Å². The summed E-state index contributed by atoms with van der Waals surface area (Å²) in [4.78, 5) is 46.6. The predicted molar refractivity (Wildman–Crippen MR) is 158 cm³/mol. The average molecular weight is 602 g/mol. The van der Waals surface area contributed by atoms with E-state index in [9.17, 15) is 28.3 Å². The molecule has 0 unspecified atom stereocenters. The van der Waals surface area contributed by atoms with Gasteiger partial charge in [-0.3, -0.25) is 19.4 Å². The van der Waals surface area contributed by atoms with Gasteiger partial charge in [0.05, 0.1) is 32.0 Å². The molecule has 1 N–H and O–H groups in total. The molecule has 4 atom stereocenters. The smallest absolute Gasteiger partial charge is 0.407 e. The molecule has 0 radical (unpaired) electrons. The highest BCUT2D eigenvalue weighted by atomic mass is 19.1. The van der Waals surface area contributed by atoms with Gasteiger partial charge in [0.15, 0.2) is 0 Å². The van der Waals surface area contributed by atoms with Crippen LogP contribution < -0.4 is 10.5 Å². The number of anilines is 1. The summed E-state index contributed by atoms with van der Waals surface area (Å²) in [5, 5.41) is 9.86. The molecule has 2 saturated heterocycles. The fourth-order valence-electron chi connectivity index (χ4n) is 6.70. The molecule has 2 amide bonds. The molecule has 12 heteroatoms. The molecule has 3 aliphatic heterocycles. The molecule has 1 aromatic heterocycles. The number of halogens is 2. The molecule has 10 nitrogen and oxygen atoms in total. The van der Waals surface area contributed by atoms with Crippen molar-refractivity contribution in [3.05, 3.63) is 63.6 Å². The van der Waals surface area contributed by atoms with E-state index in [1.165, 1.54) is 21.6 Å². The molecule has 4 heterocycles. The predicted octanol–water partition coefficient (Wildman–Crippen LogP) is 2.96. The van der Waals surface area contributed by atoms with Gasteiger partial charge in [-0.15, -0.1) is 0 Å². The van der Waals surface area contributed by atoms with E-state index in [-0.39, 0.29) is 60.8 Å². The molecule has 0 bridgehead atoms. The van der Waals surface area contributed by atoms with E-state index in [0.717, 1.165) is 17.7 Å². The number of amides is 2. The number of piperazine rings is 1. The van der Waals surface area contributed by atoms with Crippen LogP contribution in [0.25, 0.3) is 0 Å². The summed E-state index contributed by atoms with van der Waals surface area (Å²) in [7, 11) is 0. The lowest BCUT2D eigenvalue weighted by atomic mass is 9.87. The molecule has 234 valence electrons. The minimum absolute atomic E-state index is 0.0802. The van der Waals surface area contributed by atoms with Crippen molar-refractivity contribution in [2.75, 3.05) is 50.8 Å². The number of rotatable bonds is 6. The monoisotopic (exact) mass is 601 g/mol. The number of fused-ring (bicyclic) bond motifs is 1. The van der Waals surface area contributed by atoms with Crippen molar-refractivity contribution in [3.63, 3.8) is 0 Å². The van der Waals surface area contributed by atoms with E-state index < -0.39 is 23.1 Å². The molecule has 0 saturated carbocycles. The van der Waals surface area contributed by atoms with Crippen LogP contribution in [0, 0.1) is 11.6 Å². The Hall–Kier alpha value is -3.35. The van der Waals surface area contributed by atoms with E-state index in [4.69, 9.17) is 4.74 Å². The van der Waals surface area contributed by atoms with Gasteiger partial charge in [0, 0.05) is 79.7 Å². The first-order valence-electron chi connectivity index (χ1n) is 14.8. The van der Waals surface area contributed by atoms with Crippen molar-refractivity contribution < 1.29 is 28.2 Å². The topological polar surface area (TPSA) is 98.6 Å². The van der Waals surface area contributed by atoms with Crippen LogP contribution in [-0.4, -0.2) is 106 Å². The number of ether oxygens (including phenoxy) is 1. The number of carboxylic acid groups (broad SMARTS) is 1. The van der Waals surface area contributed by atoms with Gasteiger partial charge in [-0.1, -0.05) is 19.9 Å². The van der Waals surface area contributed by atoms with Crippen LogP contribution in [0.15, 0.2) is 35.3 Å². The number of nitrogens with zero attached hydrogens (tertiary/aromatic N) is 5. The van der Waals surface area contributed by atoms with E-state index in [1.807, 2.05) is 20.8 Å². The maximum Gasteiger partial charge on any atom is 0.407 e. The summed E-state index contributed by atoms with van der Waals surface area (Å²) in [6, 6.07) is 4.57. The Morgan fingerprint density at radius 1 is 1.05 bits per heavy atom. The second-order valence-corrected chi connectivity index (χ2v) is 12.9. The maximum atomic E-state index is 14.4. The number of hydrogen-bond acceptors (Lipinski definition) is 6. The van der Waals surface area contributed by atoms with E-state index in [0.29, 0.717) is 38.5 Å². The molecule has 1 aromatic carbocycles. The molecule has 5 rings (SSSR count). The standard InChI is InChI=1S/C31H41F2N5O5/c1-19-10-34(24(13-37(19)30(41)42)12-36-20(2)16-43-17-21(36)3)15-29(40)38-18-31(4,5)25-9-28(39)35(14-27(25)38)11-22-6-7-23(32)8-26(22)33/h6-9,14,19-21,24H,10-13,15-18H2,1-5H3,(H,41,42)/t19-,20-,21-,24+/m1/s1. The van der Waals surface area contributed by atoms with Gasteiger partial charge in [-0.2, -0.15) is 0 Å². The SMILES string of the molecule is C[C@@H]1CN(CC(=O)N2CC(C)(C)c3cc(=O)n(Cc4ccc(F)cc4F)cc32)[C@@H](CN2[C@H](C)COC[C@H]2C)CN1C(=O)O. The molecular formula is C31H41F2N5O5. The molecule has 3 aliphatic rings. The number of carbonyl (C=O) groups excluding carboxylic acids is 1. The van der Waals surface area contributed by atoms with Crippen LogP contribution in [0.4, 0.5) is 19.3 Å². The molecular weight excluding hydrogens is 560 g/mol. The zero-order valence-electron chi connectivity index (χ0n) is 25.4. The summed E-state index contributed by atoms with van der Waals surface area (Å²) in [5.41, 5.74) is 0.660. The number of carbonyl (C=O) groups is 2. The summed E-state index contributed by atoms with van der Waals surface area (Å²) < 4.78 is 34.9. The highest BCUT2D eigenvalue weighted by Crippen LogP contribution is 2.39. The van der Waals surface area contributed by atoms with Crippen LogP contribution in [-0.2, 0) is 21.5 Å². The fourth-order valence-corrected chi connectivity index (χ4v) is 6.70. The Labute approximate surface area is 250 Å². The largest absolute Gasteiger partial charge is 0.465 e. The van der Waals surface area contributed by atoms with Crippen molar-refractivity contribution in [1.29, 1.82) is 0 Å². The van der Waals surface area contributed by atoms with Crippen LogP contribution in [0.1, 0.15) is 45.7 Å². The summed E-state index contributed by atoms with van der Waals surface area (Å²) in [6.07, 6.45) is 0.615. The lowest BCUT2D eigenvalue weighted by Gasteiger charge is -2.48. The third-order valence-electron chi connectivity index (χ3n) is 9.15. The second kappa shape index (κ2) is 12.0. The number of benzene rings is 1. The maximum absolute atomic E-state index is 14.4. The second-order valence-electron chi connectivity index (χ2n) is 12.9. The van der Waals surface area contributed by atoms with Crippen LogP contribution in [0.2, 0.25) is 0 Å². The number of hydrogen-bond donors (Lipinski definition) is 1. The molecule has 2 fully saturated rings. The lowest BCUT2D eigenvalue weighted by Crippen LogP contribution is -2.64. The highest BCUT2D eigenvalue weighted by Gasteiger charge is 2.42. The van der Waals surface area contributed by atoms with Crippen LogP contribution in [0.3, 0.4) is 0 Å². The van der Waals surface area contributed by atoms with Gasteiger partial charge >= 0.3 is 6.09 Å². The average Bonchev–Trinajstić information content (AvgIpc) is 3.18. The Kier molecular flexibility index (Phi) is 8.65. The minimum atomic E-state index is -0.975. The molecule has 43 heavy (non-hydrogen) atoms. The lowest BCUT2D eigenvalue weighted by molar-refractivity contribution is -0.122. The third kappa shape index (κ3) is 6.32. The fraction of sp³-hybridized carbons (Fsp3) is 0.581. The Morgan fingerprint density at radius 3 is 2.40 bits per heavy atom. The Morgan fingerprint density at radius 2 is 1.74 bits per heavy atom. The van der Waals surface area contributed by atoms with Gasteiger partial charge in [0.1, 0.15) is 11.6 Å². The zero-order valence-corrected chi connectivity index (χ0v) is 25.4. The minimum Gasteiger partial charge on any atom is -0.465 e. The molecule has 0 aliphatic carbocycles. The quantitative estimate of drug-likeness (QED) is 0.544. The number of pyridine rings is 1. The zero-order chi connectivity index (χ0) is 31.2. The molecule has 2 aromatic rings. The summed E-state index contributed by atoms with van der Waals surface area (Å²) in [6.45, 7) is 12.8.